The molecule has 0 radical (unpaired) electrons. The van der Waals surface area contributed by atoms with Crippen LogP contribution in [0.1, 0.15) is 31.9 Å². The van der Waals surface area contributed by atoms with E-state index in [1.54, 1.807) is 0 Å². The molecule has 0 amide bonds. The molecule has 0 spiro atoms. The Hall–Kier alpha value is -0.280. The molecule has 0 unspecified atom stereocenters. The van der Waals surface area contributed by atoms with Crippen molar-refractivity contribution in [2.24, 2.45) is 0 Å². The third-order valence-corrected chi connectivity index (χ3v) is 3.27. The minimum absolute atomic E-state index is 0.0334. The van der Waals surface area contributed by atoms with Crippen LogP contribution in [0.2, 0.25) is 0 Å². The number of phenolic OH excluding ortho intramolecular Hbond substituents is 1. The largest absolute Gasteiger partial charge is 0.507 e. The first-order valence-electron chi connectivity index (χ1n) is 4.52. The molecule has 1 rings (SSSR count). The van der Waals surface area contributed by atoms with Gasteiger partial charge in [-0.3, -0.25) is 0 Å². The van der Waals surface area contributed by atoms with Crippen molar-refractivity contribution in [2.45, 2.75) is 38.0 Å². The molecule has 14 heavy (non-hydrogen) atoms. The predicted molar refractivity (Wildman–Crippen MR) is 66.4 cm³/mol. The number of aromatic hydroxyl groups is 1. The van der Waals surface area contributed by atoms with Crippen molar-refractivity contribution in [3.05, 3.63) is 23.3 Å². The normalized spacial score (nSPS) is 11.8. The molecule has 0 saturated heterocycles. The average molecular weight is 228 g/mol. The summed E-state index contributed by atoms with van der Waals surface area (Å²) in [6.07, 6.45) is 0. The zero-order valence-electron chi connectivity index (χ0n) is 8.96. The summed E-state index contributed by atoms with van der Waals surface area (Å²) < 4.78 is 0. The minimum Gasteiger partial charge on any atom is -0.507 e. The lowest BCUT2D eigenvalue weighted by Gasteiger charge is -2.22. The van der Waals surface area contributed by atoms with Gasteiger partial charge in [-0.15, -0.1) is 11.7 Å². The monoisotopic (exact) mass is 228 g/mol. The fourth-order valence-electron chi connectivity index (χ4n) is 1.37. The Bertz CT molecular complexity index is 340. The van der Waals surface area contributed by atoms with Gasteiger partial charge < -0.3 is 5.11 Å². The van der Waals surface area contributed by atoms with Gasteiger partial charge in [0.15, 0.2) is 0 Å². The van der Waals surface area contributed by atoms with Gasteiger partial charge in [-0.1, -0.05) is 31.6 Å². The van der Waals surface area contributed by atoms with E-state index < -0.39 is 0 Å². The van der Waals surface area contributed by atoms with Crippen LogP contribution in [0.15, 0.2) is 17.0 Å². The topological polar surface area (TPSA) is 20.2 Å². The highest BCUT2D eigenvalue weighted by Gasteiger charge is 2.19. The maximum absolute atomic E-state index is 9.92. The summed E-state index contributed by atoms with van der Waals surface area (Å²) in [5.74, 6) is 0.406. The van der Waals surface area contributed by atoms with Crippen molar-refractivity contribution < 1.29 is 5.11 Å². The van der Waals surface area contributed by atoms with Gasteiger partial charge in [0, 0.05) is 10.5 Å². The predicted octanol–water partition coefficient (Wildman–Crippen LogP) is 3.94. The van der Waals surface area contributed by atoms with Gasteiger partial charge in [-0.25, -0.2) is 0 Å². The van der Waals surface area contributed by atoms with Crippen LogP contribution in [0.3, 0.4) is 0 Å². The number of benzene rings is 1. The van der Waals surface area contributed by atoms with Gasteiger partial charge in [0.2, 0.25) is 0 Å². The van der Waals surface area contributed by atoms with Crippen LogP contribution in [0.5, 0.6) is 5.75 Å². The molecule has 0 aliphatic heterocycles. The van der Waals surface area contributed by atoms with Crippen molar-refractivity contribution >= 4 is 22.5 Å². The lowest BCUT2D eigenvalue weighted by Crippen LogP contribution is -2.11. The van der Waals surface area contributed by atoms with E-state index in [-0.39, 0.29) is 5.41 Å². The van der Waals surface area contributed by atoms with Gasteiger partial charge in [0.25, 0.3) is 0 Å². The summed E-state index contributed by atoms with van der Waals surface area (Å²) in [5, 5.41) is 9.92. The van der Waals surface area contributed by atoms with E-state index in [9.17, 15) is 5.11 Å². The Balaban J connectivity index is 3.35. The molecule has 0 bridgehead atoms. The molecular weight excluding hydrogens is 212 g/mol. The first kappa shape index (κ1) is 11.8. The molecule has 3 heteroatoms. The van der Waals surface area contributed by atoms with E-state index in [0.717, 1.165) is 16.0 Å². The zero-order valence-corrected chi connectivity index (χ0v) is 10.7. The van der Waals surface area contributed by atoms with E-state index in [1.807, 2.05) is 19.1 Å². The highest BCUT2D eigenvalue weighted by molar-refractivity contribution is 8.68. The van der Waals surface area contributed by atoms with Crippen LogP contribution in [0.4, 0.5) is 0 Å². The summed E-state index contributed by atoms with van der Waals surface area (Å²) in [4.78, 5) is 1.08. The van der Waals surface area contributed by atoms with E-state index >= 15 is 0 Å². The molecule has 0 heterocycles. The SMILES string of the molecule is Cc1cc(SS)cc(C(C)(C)C)c1O. The van der Waals surface area contributed by atoms with E-state index in [1.165, 1.54) is 10.8 Å². The van der Waals surface area contributed by atoms with Gasteiger partial charge in [-0.2, -0.15) is 0 Å². The zero-order chi connectivity index (χ0) is 10.9. The summed E-state index contributed by atoms with van der Waals surface area (Å²) in [7, 11) is 1.41. The summed E-state index contributed by atoms with van der Waals surface area (Å²) in [5.41, 5.74) is 1.86. The number of thiol groups is 1. The highest BCUT2D eigenvalue weighted by Crippen LogP contribution is 2.37. The van der Waals surface area contributed by atoms with E-state index in [2.05, 4.69) is 32.4 Å². The molecule has 1 aromatic carbocycles. The standard InChI is InChI=1S/C11H16OS2/c1-7-5-8(14-13)6-9(10(7)12)11(2,3)4/h5-6,12-13H,1-4H3. The number of phenols is 1. The molecule has 0 aromatic heterocycles. The van der Waals surface area contributed by atoms with Gasteiger partial charge in [0.05, 0.1) is 0 Å². The third-order valence-electron chi connectivity index (χ3n) is 2.19. The maximum atomic E-state index is 9.92. The molecule has 0 saturated carbocycles. The van der Waals surface area contributed by atoms with Crippen LogP contribution < -0.4 is 0 Å². The molecule has 0 aliphatic carbocycles. The number of aryl methyl sites for hydroxylation is 1. The smallest absolute Gasteiger partial charge is 0.122 e. The molecule has 0 atom stereocenters. The molecule has 0 fully saturated rings. The van der Waals surface area contributed by atoms with Gasteiger partial charge in [-0.05, 0) is 30.0 Å². The van der Waals surface area contributed by atoms with Crippen molar-refractivity contribution in [2.75, 3.05) is 0 Å². The van der Waals surface area contributed by atoms with Crippen LogP contribution in [0.25, 0.3) is 0 Å². The molecule has 1 nitrogen and oxygen atoms in total. The second-order valence-electron chi connectivity index (χ2n) is 4.48. The number of hydrogen-bond acceptors (Lipinski definition) is 3. The first-order valence-corrected chi connectivity index (χ1v) is 6.38. The quantitative estimate of drug-likeness (QED) is 0.561. The Morgan fingerprint density at radius 3 is 2.29 bits per heavy atom. The van der Waals surface area contributed by atoms with Gasteiger partial charge >= 0.3 is 0 Å². The second kappa shape index (κ2) is 4.07. The molecular formula is C11H16OS2. The Kier molecular flexibility index (Phi) is 3.43. The summed E-state index contributed by atoms with van der Waals surface area (Å²) in [6, 6.07) is 3.95. The Morgan fingerprint density at radius 1 is 1.29 bits per heavy atom. The van der Waals surface area contributed by atoms with E-state index in [0.29, 0.717) is 5.75 Å². The fourth-order valence-corrected chi connectivity index (χ4v) is 2.09. The fraction of sp³-hybridized carbons (Fsp3) is 0.455. The average Bonchev–Trinajstić information content (AvgIpc) is 2.07. The number of rotatable bonds is 1. The van der Waals surface area contributed by atoms with Crippen molar-refractivity contribution in [3.63, 3.8) is 0 Å². The van der Waals surface area contributed by atoms with Crippen molar-refractivity contribution in [1.82, 2.24) is 0 Å². The van der Waals surface area contributed by atoms with Crippen LogP contribution in [-0.2, 0) is 5.41 Å². The lowest BCUT2D eigenvalue weighted by atomic mass is 9.85. The highest BCUT2D eigenvalue weighted by atomic mass is 33.1. The lowest BCUT2D eigenvalue weighted by molar-refractivity contribution is 0.442. The Morgan fingerprint density at radius 2 is 1.86 bits per heavy atom. The van der Waals surface area contributed by atoms with Crippen LogP contribution >= 0.6 is 22.5 Å². The number of hydrogen-bond donors (Lipinski definition) is 2. The second-order valence-corrected chi connectivity index (χ2v) is 5.68. The Labute approximate surface area is 94.7 Å². The summed E-state index contributed by atoms with van der Waals surface area (Å²) >= 11 is 4.17. The molecule has 1 aromatic rings. The third kappa shape index (κ3) is 2.39. The molecule has 0 aliphatic rings. The molecule has 1 N–H and O–H groups in total. The van der Waals surface area contributed by atoms with Crippen LogP contribution in [0, 0.1) is 6.92 Å². The van der Waals surface area contributed by atoms with Crippen molar-refractivity contribution in [1.29, 1.82) is 0 Å². The first-order chi connectivity index (χ1) is 6.36. The van der Waals surface area contributed by atoms with Gasteiger partial charge in [0.1, 0.15) is 5.75 Å². The maximum Gasteiger partial charge on any atom is 0.122 e. The van der Waals surface area contributed by atoms with E-state index in [4.69, 9.17) is 0 Å². The minimum atomic E-state index is -0.0334. The molecule has 78 valence electrons. The van der Waals surface area contributed by atoms with Crippen LogP contribution in [-0.4, -0.2) is 5.11 Å². The summed E-state index contributed by atoms with van der Waals surface area (Å²) in [6.45, 7) is 8.19. The van der Waals surface area contributed by atoms with Crippen molar-refractivity contribution in [3.8, 4) is 5.75 Å².